The summed E-state index contributed by atoms with van der Waals surface area (Å²) < 4.78 is 0.719. The van der Waals surface area contributed by atoms with E-state index in [2.05, 4.69) is 31.5 Å². The first-order valence-corrected chi connectivity index (χ1v) is 5.96. The molecular weight excluding hydrogens is 286 g/mol. The van der Waals surface area contributed by atoms with E-state index in [4.69, 9.17) is 0 Å². The van der Waals surface area contributed by atoms with Gasteiger partial charge in [0, 0.05) is 22.9 Å². The zero-order valence-electron chi connectivity index (χ0n) is 9.66. The summed E-state index contributed by atoms with van der Waals surface area (Å²) in [6.07, 6.45) is 3.03. The van der Waals surface area contributed by atoms with Crippen LogP contribution in [0.4, 0.5) is 0 Å². The molecule has 0 aliphatic heterocycles. The minimum absolute atomic E-state index is 0.0382. The van der Waals surface area contributed by atoms with Crippen molar-refractivity contribution in [3.8, 4) is 0 Å². The van der Waals surface area contributed by atoms with Crippen LogP contribution < -0.4 is 10.6 Å². The molecule has 0 spiro atoms. The highest BCUT2D eigenvalue weighted by Gasteiger charge is 2.09. The summed E-state index contributed by atoms with van der Waals surface area (Å²) in [5.74, 6) is -0.533. The Morgan fingerprint density at radius 2 is 2.12 bits per heavy atom. The molecule has 2 amide bonds. The molecule has 1 heterocycles. The van der Waals surface area contributed by atoms with Gasteiger partial charge in [0.15, 0.2) is 0 Å². The van der Waals surface area contributed by atoms with Crippen molar-refractivity contribution in [2.45, 2.75) is 19.9 Å². The van der Waals surface area contributed by atoms with Crippen molar-refractivity contribution >= 4 is 27.7 Å². The summed E-state index contributed by atoms with van der Waals surface area (Å²) in [5.41, 5.74) is 0.414. The third-order valence-electron chi connectivity index (χ3n) is 1.83. The van der Waals surface area contributed by atoms with E-state index in [0.717, 1.165) is 4.47 Å². The first-order chi connectivity index (χ1) is 7.99. The first kappa shape index (κ1) is 13.6. The van der Waals surface area contributed by atoms with Crippen molar-refractivity contribution in [3.05, 3.63) is 28.5 Å². The van der Waals surface area contributed by atoms with E-state index >= 15 is 0 Å². The number of nitrogens with zero attached hydrogens (tertiary/aromatic N) is 1. The molecule has 2 N–H and O–H groups in total. The van der Waals surface area contributed by atoms with Gasteiger partial charge >= 0.3 is 0 Å². The molecule has 1 rings (SSSR count). The number of pyridine rings is 1. The van der Waals surface area contributed by atoms with Crippen molar-refractivity contribution in [3.63, 3.8) is 0 Å². The lowest BCUT2D eigenvalue weighted by Crippen LogP contribution is -2.39. The maximum atomic E-state index is 11.6. The molecule has 0 aliphatic carbocycles. The molecule has 1 aromatic heterocycles. The molecule has 5 nitrogen and oxygen atoms in total. The van der Waals surface area contributed by atoms with Crippen LogP contribution >= 0.6 is 15.9 Å². The van der Waals surface area contributed by atoms with Crippen LogP contribution in [0.15, 0.2) is 22.9 Å². The Balaban J connectivity index is 2.48. The lowest BCUT2D eigenvalue weighted by atomic mass is 10.2. The molecule has 0 atom stereocenters. The second-order valence-electron chi connectivity index (χ2n) is 3.80. The van der Waals surface area contributed by atoms with Crippen LogP contribution in [0.1, 0.15) is 24.2 Å². The lowest BCUT2D eigenvalue weighted by Gasteiger charge is -2.09. The number of hydrogen-bond donors (Lipinski definition) is 2. The molecule has 0 radical (unpaired) electrons. The normalized spacial score (nSPS) is 10.1. The zero-order valence-corrected chi connectivity index (χ0v) is 11.2. The highest BCUT2D eigenvalue weighted by Crippen LogP contribution is 2.09. The van der Waals surface area contributed by atoms with Gasteiger partial charge in [-0.2, -0.15) is 0 Å². The Kier molecular flexibility index (Phi) is 5.09. The van der Waals surface area contributed by atoms with Gasteiger partial charge in [-0.25, -0.2) is 0 Å². The van der Waals surface area contributed by atoms with E-state index in [1.54, 1.807) is 12.3 Å². The monoisotopic (exact) mass is 299 g/mol. The standard InChI is InChI=1S/C11H14BrN3O2/c1-7(2)15-10(16)6-14-11(17)8-3-9(12)5-13-4-8/h3-5,7H,6H2,1-2H3,(H,14,17)(H,15,16). The van der Waals surface area contributed by atoms with Crippen molar-refractivity contribution < 1.29 is 9.59 Å². The molecule has 0 fully saturated rings. The van der Waals surface area contributed by atoms with Gasteiger partial charge in [0.25, 0.3) is 5.91 Å². The van der Waals surface area contributed by atoms with Gasteiger partial charge in [0.2, 0.25) is 5.91 Å². The number of amides is 2. The van der Waals surface area contributed by atoms with Gasteiger partial charge in [-0.1, -0.05) is 0 Å². The van der Waals surface area contributed by atoms with Crippen molar-refractivity contribution in [1.29, 1.82) is 0 Å². The Bertz CT molecular complexity index is 421. The number of aromatic nitrogens is 1. The second-order valence-corrected chi connectivity index (χ2v) is 4.71. The van der Waals surface area contributed by atoms with Crippen LogP contribution in [-0.4, -0.2) is 29.4 Å². The topological polar surface area (TPSA) is 71.1 Å². The molecule has 0 bridgehead atoms. The number of hydrogen-bond acceptors (Lipinski definition) is 3. The van der Waals surface area contributed by atoms with E-state index in [-0.39, 0.29) is 24.4 Å². The molecule has 6 heteroatoms. The van der Waals surface area contributed by atoms with E-state index < -0.39 is 0 Å². The van der Waals surface area contributed by atoms with E-state index in [1.807, 2.05) is 13.8 Å². The molecule has 0 unspecified atom stereocenters. The van der Waals surface area contributed by atoms with Crippen molar-refractivity contribution in [2.24, 2.45) is 0 Å². The van der Waals surface area contributed by atoms with Gasteiger partial charge in [-0.05, 0) is 35.8 Å². The molecule has 0 aromatic carbocycles. The summed E-state index contributed by atoms with van der Waals surface area (Å²) >= 11 is 3.22. The summed E-state index contributed by atoms with van der Waals surface area (Å²) in [4.78, 5) is 26.8. The number of rotatable bonds is 4. The number of carbonyl (C=O) groups excluding carboxylic acids is 2. The molecular formula is C11H14BrN3O2. The lowest BCUT2D eigenvalue weighted by molar-refractivity contribution is -0.120. The van der Waals surface area contributed by atoms with Crippen molar-refractivity contribution in [1.82, 2.24) is 15.6 Å². The van der Waals surface area contributed by atoms with Gasteiger partial charge in [-0.3, -0.25) is 14.6 Å². The van der Waals surface area contributed by atoms with E-state index in [1.165, 1.54) is 6.20 Å². The maximum absolute atomic E-state index is 11.6. The molecule has 0 saturated carbocycles. The van der Waals surface area contributed by atoms with Gasteiger partial charge in [-0.15, -0.1) is 0 Å². The van der Waals surface area contributed by atoms with Crippen LogP contribution in [0, 0.1) is 0 Å². The fourth-order valence-corrected chi connectivity index (χ4v) is 1.54. The zero-order chi connectivity index (χ0) is 12.8. The maximum Gasteiger partial charge on any atom is 0.253 e. The predicted octanol–water partition coefficient (Wildman–Crippen LogP) is 1.10. The highest BCUT2D eigenvalue weighted by atomic mass is 79.9. The predicted molar refractivity (Wildman–Crippen MR) is 67.5 cm³/mol. The average Bonchev–Trinajstić information content (AvgIpc) is 2.25. The second kappa shape index (κ2) is 6.34. The van der Waals surface area contributed by atoms with Gasteiger partial charge < -0.3 is 10.6 Å². The largest absolute Gasteiger partial charge is 0.352 e. The number of halogens is 1. The highest BCUT2D eigenvalue weighted by molar-refractivity contribution is 9.10. The van der Waals surface area contributed by atoms with Crippen LogP contribution in [0.3, 0.4) is 0 Å². The van der Waals surface area contributed by atoms with Crippen LogP contribution in [-0.2, 0) is 4.79 Å². The molecule has 1 aromatic rings. The molecule has 0 saturated heterocycles. The SMILES string of the molecule is CC(C)NC(=O)CNC(=O)c1cncc(Br)c1. The molecule has 0 aliphatic rings. The van der Waals surface area contributed by atoms with Crippen molar-refractivity contribution in [2.75, 3.05) is 6.54 Å². The van der Waals surface area contributed by atoms with E-state index in [0.29, 0.717) is 5.56 Å². The van der Waals surface area contributed by atoms with Crippen LogP contribution in [0.2, 0.25) is 0 Å². The number of nitrogens with one attached hydrogen (secondary N) is 2. The number of carbonyl (C=O) groups is 2. The summed E-state index contributed by atoms with van der Waals surface area (Å²) in [6, 6.07) is 1.70. The Morgan fingerprint density at radius 1 is 1.41 bits per heavy atom. The molecule has 17 heavy (non-hydrogen) atoms. The third kappa shape index (κ3) is 4.95. The minimum Gasteiger partial charge on any atom is -0.352 e. The van der Waals surface area contributed by atoms with Gasteiger partial charge in [0.1, 0.15) is 0 Å². The van der Waals surface area contributed by atoms with E-state index in [9.17, 15) is 9.59 Å². The van der Waals surface area contributed by atoms with Gasteiger partial charge in [0.05, 0.1) is 12.1 Å². The van der Waals surface area contributed by atoms with Crippen LogP contribution in [0.25, 0.3) is 0 Å². The van der Waals surface area contributed by atoms with Crippen LogP contribution in [0.5, 0.6) is 0 Å². The first-order valence-electron chi connectivity index (χ1n) is 5.17. The quantitative estimate of drug-likeness (QED) is 0.874. The average molecular weight is 300 g/mol. The fourth-order valence-electron chi connectivity index (χ4n) is 1.17. The Morgan fingerprint density at radius 3 is 2.71 bits per heavy atom. The Labute approximate surface area is 108 Å². The summed E-state index contributed by atoms with van der Waals surface area (Å²) in [7, 11) is 0. The summed E-state index contributed by atoms with van der Waals surface area (Å²) in [5, 5.41) is 5.20. The Hall–Kier alpha value is -1.43. The molecule has 92 valence electrons. The fraction of sp³-hybridized carbons (Fsp3) is 0.364. The summed E-state index contributed by atoms with van der Waals surface area (Å²) in [6.45, 7) is 3.68. The minimum atomic E-state index is -0.322. The third-order valence-corrected chi connectivity index (χ3v) is 2.26. The smallest absolute Gasteiger partial charge is 0.253 e.